The van der Waals surface area contributed by atoms with Gasteiger partial charge in [0.2, 0.25) is 5.91 Å². The van der Waals surface area contributed by atoms with E-state index in [1.807, 2.05) is 0 Å². The van der Waals surface area contributed by atoms with Crippen LogP contribution in [0.15, 0.2) is 36.7 Å². The molecule has 3 aromatic heterocycles. The van der Waals surface area contributed by atoms with Gasteiger partial charge in [-0.15, -0.1) is 0 Å². The summed E-state index contributed by atoms with van der Waals surface area (Å²) in [6, 6.07) is 5.02. The number of nitrogens with zero attached hydrogens (tertiary/aromatic N) is 5. The van der Waals surface area contributed by atoms with Gasteiger partial charge in [0.15, 0.2) is 0 Å². The van der Waals surface area contributed by atoms with E-state index in [2.05, 4.69) is 15.1 Å². The zero-order valence-corrected chi connectivity index (χ0v) is 17.1. The number of hydrogen-bond acceptors (Lipinski definition) is 5. The molecule has 0 spiro atoms. The van der Waals surface area contributed by atoms with Crippen molar-refractivity contribution >= 4 is 22.9 Å². The topological polar surface area (TPSA) is 101 Å². The molecule has 16 heteroatoms. The second-order valence-electron chi connectivity index (χ2n) is 7.25. The number of rotatable bonds is 3. The van der Waals surface area contributed by atoms with E-state index in [1.165, 1.54) is 35.3 Å². The average Bonchev–Trinajstić information content (AvgIpc) is 3.13. The predicted molar refractivity (Wildman–Crippen MR) is 101 cm³/mol. The molecule has 4 heterocycles. The van der Waals surface area contributed by atoms with E-state index in [1.54, 1.807) is 0 Å². The maximum absolute atomic E-state index is 12.9. The summed E-state index contributed by atoms with van der Waals surface area (Å²) in [5.74, 6) is -6.16. The molecular formula is C19H13F8N5O3. The molecule has 0 aliphatic carbocycles. The van der Waals surface area contributed by atoms with Gasteiger partial charge in [-0.05, 0) is 18.2 Å². The summed E-state index contributed by atoms with van der Waals surface area (Å²) in [7, 11) is 0. The Kier molecular flexibility index (Phi) is 6.68. The Morgan fingerprint density at radius 1 is 1.06 bits per heavy atom. The summed E-state index contributed by atoms with van der Waals surface area (Å²) in [6.45, 7) is -1.55. The third-order valence-electron chi connectivity index (χ3n) is 4.55. The van der Waals surface area contributed by atoms with E-state index >= 15 is 0 Å². The zero-order chi connectivity index (χ0) is 26.2. The maximum atomic E-state index is 12.9. The minimum Gasteiger partial charge on any atom is -0.475 e. The van der Waals surface area contributed by atoms with Crippen LogP contribution in [0.3, 0.4) is 0 Å². The zero-order valence-electron chi connectivity index (χ0n) is 17.1. The van der Waals surface area contributed by atoms with Gasteiger partial charge in [0.1, 0.15) is 17.8 Å². The lowest BCUT2D eigenvalue weighted by Gasteiger charge is -2.38. The van der Waals surface area contributed by atoms with Crippen LogP contribution in [0.4, 0.5) is 35.1 Å². The standard InChI is InChI=1S/C17H12F5N5O.C2HF3O2/c18-16(19)8-26(9-16)15(28)7-27-13-4-10(5-23-12(13)6-24-27)11-2-1-3-14(25-11)17(20,21)22;3-2(4,5)1(6)7/h1-6H,7-9H2;(H,6,7). The fraction of sp³-hybridized carbons (Fsp3) is 0.316. The summed E-state index contributed by atoms with van der Waals surface area (Å²) in [5.41, 5.74) is 0.135. The highest BCUT2D eigenvalue weighted by atomic mass is 19.4. The highest BCUT2D eigenvalue weighted by Gasteiger charge is 2.46. The molecule has 1 N–H and O–H groups in total. The Labute approximate surface area is 189 Å². The third-order valence-corrected chi connectivity index (χ3v) is 4.55. The molecule has 0 atom stereocenters. The molecule has 35 heavy (non-hydrogen) atoms. The van der Waals surface area contributed by atoms with Crippen molar-refractivity contribution in [1.82, 2.24) is 24.6 Å². The van der Waals surface area contributed by atoms with Crippen LogP contribution < -0.4 is 0 Å². The van der Waals surface area contributed by atoms with Crippen molar-refractivity contribution in [2.75, 3.05) is 13.1 Å². The number of carbonyl (C=O) groups is 2. The van der Waals surface area contributed by atoms with Crippen molar-refractivity contribution in [3.05, 3.63) is 42.4 Å². The summed E-state index contributed by atoms with van der Waals surface area (Å²) < 4.78 is 97.5. The number of fused-ring (bicyclic) bond motifs is 1. The average molecular weight is 511 g/mol. The van der Waals surface area contributed by atoms with Gasteiger partial charge in [0, 0.05) is 11.8 Å². The first-order valence-corrected chi connectivity index (χ1v) is 9.39. The molecule has 0 unspecified atom stereocenters. The summed E-state index contributed by atoms with van der Waals surface area (Å²) in [6.07, 6.45) is -6.92. The number of carboxylic acid groups (broad SMARTS) is 1. The number of carboxylic acids is 1. The summed E-state index contributed by atoms with van der Waals surface area (Å²) in [5, 5.41) is 11.1. The van der Waals surface area contributed by atoms with Gasteiger partial charge in [0.05, 0.1) is 30.5 Å². The van der Waals surface area contributed by atoms with E-state index in [0.717, 1.165) is 11.0 Å². The lowest BCUT2D eigenvalue weighted by Crippen LogP contribution is -2.59. The quantitative estimate of drug-likeness (QED) is 0.540. The first-order valence-electron chi connectivity index (χ1n) is 9.39. The molecule has 1 aliphatic rings. The number of hydrogen-bond donors (Lipinski definition) is 1. The molecule has 1 saturated heterocycles. The van der Waals surface area contributed by atoms with Crippen LogP contribution in [0, 0.1) is 0 Å². The van der Waals surface area contributed by atoms with E-state index in [9.17, 15) is 39.9 Å². The molecular weight excluding hydrogens is 498 g/mol. The first-order chi connectivity index (χ1) is 16.1. The Bertz CT molecular complexity index is 1250. The van der Waals surface area contributed by atoms with E-state index in [0.29, 0.717) is 16.6 Å². The molecule has 1 aliphatic heterocycles. The smallest absolute Gasteiger partial charge is 0.475 e. The van der Waals surface area contributed by atoms with Gasteiger partial charge in [-0.1, -0.05) is 6.07 Å². The first kappa shape index (κ1) is 25.8. The fourth-order valence-corrected chi connectivity index (χ4v) is 2.89. The van der Waals surface area contributed by atoms with Crippen molar-refractivity contribution in [2.24, 2.45) is 0 Å². The van der Waals surface area contributed by atoms with Crippen LogP contribution in [0.2, 0.25) is 0 Å². The number of carbonyl (C=O) groups excluding carboxylic acids is 1. The number of aliphatic carboxylic acids is 1. The van der Waals surface area contributed by atoms with Crippen molar-refractivity contribution in [2.45, 2.75) is 24.8 Å². The predicted octanol–water partition coefficient (Wildman–Crippen LogP) is 3.62. The second-order valence-corrected chi connectivity index (χ2v) is 7.25. The van der Waals surface area contributed by atoms with Crippen molar-refractivity contribution in [3.8, 4) is 11.3 Å². The Balaban J connectivity index is 0.000000429. The van der Waals surface area contributed by atoms with E-state index in [-0.39, 0.29) is 12.2 Å². The molecule has 0 saturated carbocycles. The van der Waals surface area contributed by atoms with Crippen LogP contribution >= 0.6 is 0 Å². The molecule has 3 aromatic rings. The summed E-state index contributed by atoms with van der Waals surface area (Å²) >= 11 is 0. The molecule has 0 radical (unpaired) electrons. The molecule has 4 rings (SSSR count). The highest BCUT2D eigenvalue weighted by molar-refractivity contribution is 5.83. The molecule has 1 fully saturated rings. The number of likely N-dealkylation sites (tertiary alicyclic amines) is 1. The summed E-state index contributed by atoms with van der Waals surface area (Å²) in [4.78, 5) is 29.8. The fourth-order valence-electron chi connectivity index (χ4n) is 2.89. The normalized spacial score (nSPS) is 15.3. The highest BCUT2D eigenvalue weighted by Crippen LogP contribution is 2.30. The SMILES string of the molecule is O=C(Cn1ncc2ncc(-c3cccc(C(F)(F)F)n3)cc21)N1CC(F)(F)C1.O=C(O)C(F)(F)F. The number of pyridine rings is 2. The number of amides is 1. The maximum Gasteiger partial charge on any atom is 0.490 e. The number of halogens is 8. The van der Waals surface area contributed by atoms with Gasteiger partial charge < -0.3 is 10.0 Å². The lowest BCUT2D eigenvalue weighted by atomic mass is 10.1. The third kappa shape index (κ3) is 6.19. The van der Waals surface area contributed by atoms with Gasteiger partial charge in [-0.3, -0.25) is 14.5 Å². The number of aromatic nitrogens is 4. The van der Waals surface area contributed by atoms with Crippen molar-refractivity contribution in [3.63, 3.8) is 0 Å². The second kappa shape index (κ2) is 9.07. The molecule has 8 nitrogen and oxygen atoms in total. The number of alkyl halides is 8. The van der Waals surface area contributed by atoms with Gasteiger partial charge in [-0.25, -0.2) is 18.6 Å². The van der Waals surface area contributed by atoms with Gasteiger partial charge in [-0.2, -0.15) is 31.4 Å². The Morgan fingerprint density at radius 2 is 1.69 bits per heavy atom. The molecule has 0 bridgehead atoms. The minimum absolute atomic E-state index is 0.0608. The van der Waals surface area contributed by atoms with Crippen LogP contribution in [0.25, 0.3) is 22.3 Å². The van der Waals surface area contributed by atoms with E-state index in [4.69, 9.17) is 9.90 Å². The van der Waals surface area contributed by atoms with Crippen LogP contribution in [0.5, 0.6) is 0 Å². The van der Waals surface area contributed by atoms with Crippen molar-refractivity contribution < 1.29 is 49.8 Å². The van der Waals surface area contributed by atoms with Crippen LogP contribution in [-0.2, 0) is 22.3 Å². The monoisotopic (exact) mass is 511 g/mol. The molecule has 0 aromatic carbocycles. The lowest BCUT2D eigenvalue weighted by molar-refractivity contribution is -0.192. The van der Waals surface area contributed by atoms with Crippen LogP contribution in [0.1, 0.15) is 5.69 Å². The van der Waals surface area contributed by atoms with E-state index < -0.39 is 48.9 Å². The molecule has 188 valence electrons. The van der Waals surface area contributed by atoms with Crippen LogP contribution in [-0.4, -0.2) is 66.8 Å². The Hall–Kier alpha value is -3.85. The molecule has 1 amide bonds. The van der Waals surface area contributed by atoms with Crippen molar-refractivity contribution in [1.29, 1.82) is 0 Å². The van der Waals surface area contributed by atoms with Gasteiger partial charge in [0.25, 0.3) is 5.92 Å². The van der Waals surface area contributed by atoms with Gasteiger partial charge >= 0.3 is 18.3 Å². The largest absolute Gasteiger partial charge is 0.490 e. The minimum atomic E-state index is -5.08. The Morgan fingerprint density at radius 3 is 2.23 bits per heavy atom.